The molecule has 1 rings (SSSR count). The molecule has 0 heterocycles. The normalized spacial score (nSPS) is 11.8. The lowest BCUT2D eigenvalue weighted by atomic mass is 10.1. The zero-order valence-electron chi connectivity index (χ0n) is 10.6. The lowest BCUT2D eigenvalue weighted by Crippen LogP contribution is -2.14. The van der Waals surface area contributed by atoms with Crippen molar-refractivity contribution in [3.8, 4) is 11.5 Å². The molecule has 0 aliphatic rings. The maximum atomic E-state index is 12.2. The fourth-order valence-corrected chi connectivity index (χ4v) is 1.34. The minimum atomic E-state index is -3.26. The van der Waals surface area contributed by atoms with Crippen LogP contribution in [0.4, 0.5) is 17.6 Å². The Kier molecular flexibility index (Phi) is 7.82. The Balaban J connectivity index is 0.00000400. The molecule has 0 aromatic heterocycles. The summed E-state index contributed by atoms with van der Waals surface area (Å²) in [5.74, 6) is -1.84. The standard InChI is InChI=1S/C11H11F4NO4.ClH/c1-18-9(16)8(17)5-2-3-6(19-10(12)13)7(4-5)20-11(14)15;/h2-4,8,10-11,16-17H,1H3;1H. The third-order valence-corrected chi connectivity index (χ3v) is 2.18. The van der Waals surface area contributed by atoms with E-state index in [4.69, 9.17) is 5.41 Å². The van der Waals surface area contributed by atoms with Crippen molar-refractivity contribution >= 4 is 18.3 Å². The van der Waals surface area contributed by atoms with Crippen LogP contribution in [-0.2, 0) is 4.74 Å². The monoisotopic (exact) mass is 333 g/mol. The number of alkyl halides is 4. The van der Waals surface area contributed by atoms with Gasteiger partial charge >= 0.3 is 13.2 Å². The van der Waals surface area contributed by atoms with Crippen LogP contribution in [0.15, 0.2) is 18.2 Å². The summed E-state index contributed by atoms with van der Waals surface area (Å²) in [6, 6.07) is 2.90. The number of rotatable bonds is 6. The quantitative estimate of drug-likeness (QED) is 0.477. The van der Waals surface area contributed by atoms with E-state index in [9.17, 15) is 22.7 Å². The van der Waals surface area contributed by atoms with E-state index in [0.717, 1.165) is 25.3 Å². The molecule has 0 amide bonds. The van der Waals surface area contributed by atoms with Gasteiger partial charge in [-0.3, -0.25) is 5.41 Å². The Morgan fingerprint density at radius 2 is 1.62 bits per heavy atom. The van der Waals surface area contributed by atoms with Crippen molar-refractivity contribution in [3.05, 3.63) is 23.8 Å². The van der Waals surface area contributed by atoms with Crippen molar-refractivity contribution in [2.24, 2.45) is 0 Å². The number of aliphatic hydroxyl groups is 1. The molecule has 5 nitrogen and oxygen atoms in total. The van der Waals surface area contributed by atoms with Gasteiger partial charge in [-0.15, -0.1) is 12.4 Å². The van der Waals surface area contributed by atoms with Crippen LogP contribution in [0.1, 0.15) is 11.7 Å². The summed E-state index contributed by atoms with van der Waals surface area (Å²) < 4.78 is 61.1. The van der Waals surface area contributed by atoms with Crippen molar-refractivity contribution in [1.82, 2.24) is 0 Å². The smallest absolute Gasteiger partial charge is 0.387 e. The van der Waals surface area contributed by atoms with Gasteiger partial charge in [0.15, 0.2) is 17.6 Å². The highest BCUT2D eigenvalue weighted by Gasteiger charge is 2.20. The molecule has 1 aromatic carbocycles. The fraction of sp³-hybridized carbons (Fsp3) is 0.364. The number of methoxy groups -OCH3 is 1. The molecule has 0 aliphatic carbocycles. The molecule has 0 saturated carbocycles. The summed E-state index contributed by atoms with van der Waals surface area (Å²) >= 11 is 0. The molecule has 21 heavy (non-hydrogen) atoms. The van der Waals surface area contributed by atoms with Gasteiger partial charge < -0.3 is 19.3 Å². The number of aliphatic hydroxyl groups excluding tert-OH is 1. The fourth-order valence-electron chi connectivity index (χ4n) is 1.34. The first-order valence-electron chi connectivity index (χ1n) is 5.19. The first-order chi connectivity index (χ1) is 9.35. The minimum Gasteiger partial charge on any atom is -0.482 e. The molecule has 1 aromatic rings. The number of benzene rings is 1. The molecule has 2 N–H and O–H groups in total. The van der Waals surface area contributed by atoms with Crippen LogP contribution in [-0.4, -0.2) is 31.3 Å². The zero-order chi connectivity index (χ0) is 15.3. The second-order valence-corrected chi connectivity index (χ2v) is 3.43. The van der Waals surface area contributed by atoms with Gasteiger partial charge in [0.2, 0.25) is 5.90 Å². The minimum absolute atomic E-state index is 0. The molecule has 0 radical (unpaired) electrons. The van der Waals surface area contributed by atoms with E-state index in [0.29, 0.717) is 0 Å². The second kappa shape index (κ2) is 8.53. The Hall–Kier alpha value is -1.74. The number of ether oxygens (including phenoxy) is 3. The molecule has 1 unspecified atom stereocenters. The molecule has 0 saturated heterocycles. The molecular weight excluding hydrogens is 322 g/mol. The Labute approximate surface area is 123 Å². The van der Waals surface area contributed by atoms with Crippen LogP contribution in [0.25, 0.3) is 0 Å². The van der Waals surface area contributed by atoms with E-state index in [2.05, 4.69) is 14.2 Å². The number of nitrogens with one attached hydrogen (secondary N) is 1. The molecule has 1 atom stereocenters. The lowest BCUT2D eigenvalue weighted by Gasteiger charge is -2.15. The first kappa shape index (κ1) is 19.3. The first-order valence-corrected chi connectivity index (χ1v) is 5.19. The van der Waals surface area contributed by atoms with E-state index in [1.54, 1.807) is 0 Å². The van der Waals surface area contributed by atoms with Gasteiger partial charge in [-0.25, -0.2) is 0 Å². The highest BCUT2D eigenvalue weighted by molar-refractivity contribution is 5.85. The van der Waals surface area contributed by atoms with Gasteiger partial charge in [-0.1, -0.05) is 6.07 Å². The average molecular weight is 334 g/mol. The summed E-state index contributed by atoms with van der Waals surface area (Å²) in [7, 11) is 1.14. The Bertz CT molecular complexity index is 476. The highest BCUT2D eigenvalue weighted by atomic mass is 35.5. The highest BCUT2D eigenvalue weighted by Crippen LogP contribution is 2.33. The predicted molar refractivity (Wildman–Crippen MR) is 66.6 cm³/mol. The zero-order valence-corrected chi connectivity index (χ0v) is 11.4. The van der Waals surface area contributed by atoms with E-state index in [1.807, 2.05) is 0 Å². The van der Waals surface area contributed by atoms with Crippen LogP contribution in [0.2, 0.25) is 0 Å². The van der Waals surface area contributed by atoms with Gasteiger partial charge in [-0.05, 0) is 17.7 Å². The molecule has 0 fully saturated rings. The van der Waals surface area contributed by atoms with Crippen LogP contribution < -0.4 is 9.47 Å². The van der Waals surface area contributed by atoms with Crippen LogP contribution in [0.5, 0.6) is 11.5 Å². The number of halogens is 5. The molecular formula is C11H12ClF4NO4. The van der Waals surface area contributed by atoms with E-state index >= 15 is 0 Å². The SMILES string of the molecule is COC(=N)C(O)c1ccc(OC(F)F)c(OC(F)F)c1.Cl. The van der Waals surface area contributed by atoms with Crippen molar-refractivity contribution in [2.45, 2.75) is 19.3 Å². The Morgan fingerprint density at radius 1 is 1.10 bits per heavy atom. The van der Waals surface area contributed by atoms with Crippen molar-refractivity contribution in [1.29, 1.82) is 5.41 Å². The second-order valence-electron chi connectivity index (χ2n) is 3.43. The number of hydrogen-bond acceptors (Lipinski definition) is 5. The predicted octanol–water partition coefficient (Wildman–Crippen LogP) is 2.97. The van der Waals surface area contributed by atoms with E-state index in [-0.39, 0.29) is 18.0 Å². The van der Waals surface area contributed by atoms with Gasteiger partial charge in [0, 0.05) is 0 Å². The molecule has 10 heteroatoms. The summed E-state index contributed by atoms with van der Waals surface area (Å²) in [6.07, 6.45) is -1.54. The van der Waals surface area contributed by atoms with Crippen molar-refractivity contribution in [2.75, 3.05) is 7.11 Å². The van der Waals surface area contributed by atoms with Crippen molar-refractivity contribution in [3.63, 3.8) is 0 Å². The molecule has 0 spiro atoms. The maximum absolute atomic E-state index is 12.2. The average Bonchev–Trinajstić information content (AvgIpc) is 2.37. The largest absolute Gasteiger partial charge is 0.482 e. The molecule has 0 aliphatic heterocycles. The van der Waals surface area contributed by atoms with Crippen molar-refractivity contribution < 1.29 is 36.9 Å². The van der Waals surface area contributed by atoms with Crippen LogP contribution in [0.3, 0.4) is 0 Å². The van der Waals surface area contributed by atoms with Crippen LogP contribution >= 0.6 is 12.4 Å². The van der Waals surface area contributed by atoms with E-state index < -0.39 is 36.7 Å². The lowest BCUT2D eigenvalue weighted by molar-refractivity contribution is -0.0693. The molecule has 0 bridgehead atoms. The van der Waals surface area contributed by atoms with E-state index in [1.165, 1.54) is 0 Å². The molecule has 120 valence electrons. The van der Waals surface area contributed by atoms with Gasteiger partial charge in [0.25, 0.3) is 0 Å². The third kappa shape index (κ3) is 5.64. The third-order valence-electron chi connectivity index (χ3n) is 2.18. The Morgan fingerprint density at radius 3 is 2.10 bits per heavy atom. The van der Waals surface area contributed by atoms with Gasteiger partial charge in [-0.2, -0.15) is 17.6 Å². The van der Waals surface area contributed by atoms with Gasteiger partial charge in [0.05, 0.1) is 7.11 Å². The maximum Gasteiger partial charge on any atom is 0.387 e. The number of hydrogen-bond donors (Lipinski definition) is 2. The topological polar surface area (TPSA) is 71.8 Å². The summed E-state index contributed by atoms with van der Waals surface area (Å²) in [6.45, 7) is -6.48. The summed E-state index contributed by atoms with van der Waals surface area (Å²) in [5, 5.41) is 16.9. The van der Waals surface area contributed by atoms with Gasteiger partial charge in [0.1, 0.15) is 0 Å². The summed E-state index contributed by atoms with van der Waals surface area (Å²) in [5.41, 5.74) is -0.0471. The summed E-state index contributed by atoms with van der Waals surface area (Å²) in [4.78, 5) is 0. The van der Waals surface area contributed by atoms with Crippen LogP contribution in [0, 0.1) is 5.41 Å².